The second-order valence-corrected chi connectivity index (χ2v) is 4.55. The van der Waals surface area contributed by atoms with Crippen LogP contribution >= 0.6 is 0 Å². The van der Waals surface area contributed by atoms with E-state index in [0.29, 0.717) is 0 Å². The van der Waals surface area contributed by atoms with E-state index in [1.165, 1.54) is 6.42 Å². The molecule has 1 aliphatic rings. The molecule has 1 fully saturated rings. The summed E-state index contributed by atoms with van der Waals surface area (Å²) in [6, 6.07) is 5.91. The van der Waals surface area contributed by atoms with Crippen molar-refractivity contribution in [2.24, 2.45) is 0 Å². The number of hydrogen-bond acceptors (Lipinski definition) is 4. The number of aromatic nitrogens is 4. The van der Waals surface area contributed by atoms with Gasteiger partial charge < -0.3 is 4.74 Å². The van der Waals surface area contributed by atoms with E-state index in [-0.39, 0.29) is 6.23 Å². The van der Waals surface area contributed by atoms with E-state index >= 15 is 0 Å². The van der Waals surface area contributed by atoms with E-state index in [1.54, 1.807) is 6.33 Å². The second kappa shape index (κ2) is 4.86. The van der Waals surface area contributed by atoms with Crippen molar-refractivity contribution in [3.8, 4) is 11.5 Å². The highest BCUT2D eigenvalue weighted by Crippen LogP contribution is 2.26. The zero-order valence-electron chi connectivity index (χ0n) is 10.4. The molecule has 0 spiro atoms. The molecule has 5 heteroatoms. The van der Waals surface area contributed by atoms with E-state index < -0.39 is 0 Å². The molecule has 1 unspecified atom stereocenters. The summed E-state index contributed by atoms with van der Waals surface area (Å²) < 4.78 is 7.76. The van der Waals surface area contributed by atoms with Crippen LogP contribution in [0.25, 0.3) is 11.5 Å². The summed E-state index contributed by atoms with van der Waals surface area (Å²) in [6.07, 6.45) is 5.11. The van der Waals surface area contributed by atoms with Gasteiger partial charge in [-0.15, -0.1) is 10.2 Å². The molecule has 5 nitrogen and oxygen atoms in total. The number of aryl methyl sites for hydroxylation is 1. The third-order valence-corrected chi connectivity index (χ3v) is 3.16. The zero-order chi connectivity index (χ0) is 12.4. The lowest BCUT2D eigenvalue weighted by Gasteiger charge is -2.24. The lowest BCUT2D eigenvalue weighted by Crippen LogP contribution is -2.18. The van der Waals surface area contributed by atoms with Crippen LogP contribution in [0.1, 0.15) is 31.2 Å². The number of nitrogens with zero attached hydrogens (tertiary/aromatic N) is 4. The van der Waals surface area contributed by atoms with Gasteiger partial charge in [-0.2, -0.15) is 0 Å². The lowest BCUT2D eigenvalue weighted by molar-refractivity contribution is -0.0312. The minimum atomic E-state index is 0.0473. The van der Waals surface area contributed by atoms with Crippen molar-refractivity contribution in [1.82, 2.24) is 19.7 Å². The van der Waals surface area contributed by atoms with Crippen molar-refractivity contribution in [3.63, 3.8) is 0 Å². The molecule has 1 atom stereocenters. The molecule has 1 saturated heterocycles. The molecule has 1 aliphatic heterocycles. The topological polar surface area (TPSA) is 52.8 Å². The number of pyridine rings is 1. The van der Waals surface area contributed by atoms with Gasteiger partial charge in [0.05, 0.1) is 0 Å². The Morgan fingerprint density at radius 1 is 1.33 bits per heavy atom. The predicted molar refractivity (Wildman–Crippen MR) is 66.8 cm³/mol. The minimum Gasteiger partial charge on any atom is -0.358 e. The van der Waals surface area contributed by atoms with Crippen LogP contribution in [0.5, 0.6) is 0 Å². The SMILES string of the molecule is Cc1cccc(-c2nncn2C2CCCCO2)n1. The van der Waals surface area contributed by atoms with Gasteiger partial charge in [-0.1, -0.05) is 6.07 Å². The van der Waals surface area contributed by atoms with Crippen LogP contribution < -0.4 is 0 Å². The first-order chi connectivity index (χ1) is 8.84. The van der Waals surface area contributed by atoms with Gasteiger partial charge in [0.15, 0.2) is 5.82 Å². The molecule has 3 heterocycles. The Bertz CT molecular complexity index is 531. The Balaban J connectivity index is 1.95. The van der Waals surface area contributed by atoms with Crippen LogP contribution in [0, 0.1) is 6.92 Å². The summed E-state index contributed by atoms with van der Waals surface area (Å²) in [5.74, 6) is 0.783. The van der Waals surface area contributed by atoms with Gasteiger partial charge in [0.25, 0.3) is 0 Å². The van der Waals surface area contributed by atoms with Crippen LogP contribution in [0.4, 0.5) is 0 Å². The van der Waals surface area contributed by atoms with Gasteiger partial charge >= 0.3 is 0 Å². The maximum Gasteiger partial charge on any atom is 0.184 e. The monoisotopic (exact) mass is 244 g/mol. The molecule has 94 valence electrons. The standard InChI is InChI=1S/C13H16N4O/c1-10-5-4-6-11(15-10)13-16-14-9-17(13)12-7-2-3-8-18-12/h4-6,9,12H,2-3,7-8H2,1H3. The Morgan fingerprint density at radius 3 is 3.06 bits per heavy atom. The summed E-state index contributed by atoms with van der Waals surface area (Å²) >= 11 is 0. The highest BCUT2D eigenvalue weighted by atomic mass is 16.5. The highest BCUT2D eigenvalue weighted by molar-refractivity contribution is 5.49. The molecule has 0 aliphatic carbocycles. The van der Waals surface area contributed by atoms with E-state index in [4.69, 9.17) is 4.74 Å². The molecule has 0 radical (unpaired) electrons. The summed E-state index contributed by atoms with van der Waals surface area (Å²) in [5, 5.41) is 8.17. The third kappa shape index (κ3) is 2.13. The summed E-state index contributed by atoms with van der Waals surface area (Å²) in [6.45, 7) is 2.78. The zero-order valence-corrected chi connectivity index (χ0v) is 10.4. The minimum absolute atomic E-state index is 0.0473. The van der Waals surface area contributed by atoms with Gasteiger partial charge in [-0.05, 0) is 38.3 Å². The first-order valence-electron chi connectivity index (χ1n) is 6.30. The maximum atomic E-state index is 5.77. The summed E-state index contributed by atoms with van der Waals surface area (Å²) in [7, 11) is 0. The van der Waals surface area contributed by atoms with Crippen molar-refractivity contribution < 1.29 is 4.74 Å². The lowest BCUT2D eigenvalue weighted by atomic mass is 10.2. The van der Waals surface area contributed by atoms with E-state index in [9.17, 15) is 0 Å². The Hall–Kier alpha value is -1.75. The van der Waals surface area contributed by atoms with Crippen molar-refractivity contribution in [1.29, 1.82) is 0 Å². The van der Waals surface area contributed by atoms with E-state index in [2.05, 4.69) is 15.2 Å². The van der Waals surface area contributed by atoms with Crippen LogP contribution in [0.15, 0.2) is 24.5 Å². The molecule has 2 aromatic rings. The molecule has 0 amide bonds. The van der Waals surface area contributed by atoms with Gasteiger partial charge in [-0.25, -0.2) is 4.98 Å². The van der Waals surface area contributed by atoms with Crippen molar-refractivity contribution in [2.45, 2.75) is 32.4 Å². The summed E-state index contributed by atoms with van der Waals surface area (Å²) in [4.78, 5) is 4.49. The molecule has 18 heavy (non-hydrogen) atoms. The normalized spacial score (nSPS) is 19.9. The third-order valence-electron chi connectivity index (χ3n) is 3.16. The Labute approximate surface area is 106 Å². The van der Waals surface area contributed by atoms with E-state index in [1.807, 2.05) is 29.7 Å². The van der Waals surface area contributed by atoms with Crippen LogP contribution in [-0.4, -0.2) is 26.4 Å². The summed E-state index contributed by atoms with van der Waals surface area (Å²) in [5.41, 5.74) is 1.83. The molecule has 0 saturated carbocycles. The molecule has 2 aromatic heterocycles. The average molecular weight is 244 g/mol. The first-order valence-corrected chi connectivity index (χ1v) is 6.30. The molecule has 0 bridgehead atoms. The first kappa shape index (κ1) is 11.3. The van der Waals surface area contributed by atoms with Crippen LogP contribution in [0.3, 0.4) is 0 Å². The smallest absolute Gasteiger partial charge is 0.184 e. The van der Waals surface area contributed by atoms with Crippen molar-refractivity contribution in [3.05, 3.63) is 30.2 Å². The van der Waals surface area contributed by atoms with Crippen molar-refractivity contribution in [2.75, 3.05) is 6.61 Å². The second-order valence-electron chi connectivity index (χ2n) is 4.55. The van der Waals surface area contributed by atoms with Crippen molar-refractivity contribution >= 4 is 0 Å². The number of ether oxygens (including phenoxy) is 1. The van der Waals surface area contributed by atoms with E-state index in [0.717, 1.165) is 36.7 Å². The maximum absolute atomic E-state index is 5.77. The number of rotatable bonds is 2. The molecule has 0 N–H and O–H groups in total. The molecule has 3 rings (SSSR count). The van der Waals surface area contributed by atoms with Gasteiger partial charge in [-0.3, -0.25) is 4.57 Å². The quantitative estimate of drug-likeness (QED) is 0.813. The Morgan fingerprint density at radius 2 is 2.28 bits per heavy atom. The number of hydrogen-bond donors (Lipinski definition) is 0. The molecule has 0 aromatic carbocycles. The van der Waals surface area contributed by atoms with Crippen LogP contribution in [0.2, 0.25) is 0 Å². The fourth-order valence-electron chi connectivity index (χ4n) is 2.25. The van der Waals surface area contributed by atoms with Crippen LogP contribution in [-0.2, 0) is 4.74 Å². The van der Waals surface area contributed by atoms with Gasteiger partial charge in [0.2, 0.25) is 0 Å². The van der Waals surface area contributed by atoms with Gasteiger partial charge in [0.1, 0.15) is 18.2 Å². The fraction of sp³-hybridized carbons (Fsp3) is 0.462. The van der Waals surface area contributed by atoms with Gasteiger partial charge in [0, 0.05) is 12.3 Å². The predicted octanol–water partition coefficient (Wildman–Crippen LogP) is 2.35. The highest BCUT2D eigenvalue weighted by Gasteiger charge is 2.20. The molecular formula is C13H16N4O. The average Bonchev–Trinajstić information content (AvgIpc) is 2.89. The molecular weight excluding hydrogens is 228 g/mol. The Kier molecular flexibility index (Phi) is 3.06. The fourth-order valence-corrected chi connectivity index (χ4v) is 2.25. The largest absolute Gasteiger partial charge is 0.358 e.